The molecule has 0 saturated carbocycles. The molecule has 0 aromatic heterocycles. The minimum atomic E-state index is -0.170. The van der Waals surface area contributed by atoms with Crippen LogP contribution >= 0.6 is 23.2 Å². The first-order valence-corrected chi connectivity index (χ1v) is 8.45. The highest BCUT2D eigenvalue weighted by atomic mass is 35.5. The zero-order valence-corrected chi connectivity index (χ0v) is 15.6. The Kier molecular flexibility index (Phi) is 7.37. The van der Waals surface area contributed by atoms with Gasteiger partial charge in [0.05, 0.1) is 31.5 Å². The number of carbonyl (C=O) groups excluding carboxylic acids is 1. The number of rotatable bonds is 8. The van der Waals surface area contributed by atoms with Gasteiger partial charge in [-0.05, 0) is 48.9 Å². The fourth-order valence-electron chi connectivity index (χ4n) is 2.26. The Balaban J connectivity index is 1.78. The number of methoxy groups -OCH3 is 2. The SMILES string of the molecule is COc1ccc(CCNCC(=O)Nc2ccc(Cl)cc2Cl)cc1OC. The van der Waals surface area contributed by atoms with Crippen molar-refractivity contribution in [2.24, 2.45) is 0 Å². The van der Waals surface area contributed by atoms with E-state index in [1.54, 1.807) is 32.4 Å². The summed E-state index contributed by atoms with van der Waals surface area (Å²) in [4.78, 5) is 11.9. The van der Waals surface area contributed by atoms with E-state index in [1.807, 2.05) is 18.2 Å². The van der Waals surface area contributed by atoms with Crippen LogP contribution < -0.4 is 20.1 Å². The van der Waals surface area contributed by atoms with Gasteiger partial charge in [0.1, 0.15) is 0 Å². The first-order valence-electron chi connectivity index (χ1n) is 7.70. The van der Waals surface area contributed by atoms with Crippen molar-refractivity contribution in [1.29, 1.82) is 0 Å². The van der Waals surface area contributed by atoms with E-state index in [2.05, 4.69) is 10.6 Å². The standard InChI is InChI=1S/C18H20Cl2N2O3/c1-24-16-6-3-12(9-17(16)25-2)7-8-21-11-18(23)22-15-5-4-13(19)10-14(15)20/h3-6,9-10,21H,7-8,11H2,1-2H3,(H,22,23). The second-order valence-corrected chi connectivity index (χ2v) is 6.13. The van der Waals surface area contributed by atoms with Crippen molar-refractivity contribution in [3.63, 3.8) is 0 Å². The van der Waals surface area contributed by atoms with Crippen LogP contribution in [0.2, 0.25) is 10.0 Å². The molecule has 2 aromatic rings. The molecule has 0 radical (unpaired) electrons. The second kappa shape index (κ2) is 9.51. The third-order valence-electron chi connectivity index (χ3n) is 3.53. The van der Waals surface area contributed by atoms with Gasteiger partial charge in [-0.25, -0.2) is 0 Å². The quantitative estimate of drug-likeness (QED) is 0.682. The lowest BCUT2D eigenvalue weighted by atomic mass is 10.1. The largest absolute Gasteiger partial charge is 0.493 e. The van der Waals surface area contributed by atoms with Crippen LogP contribution in [0.3, 0.4) is 0 Å². The summed E-state index contributed by atoms with van der Waals surface area (Å²) in [5.74, 6) is 1.21. The van der Waals surface area contributed by atoms with E-state index in [4.69, 9.17) is 32.7 Å². The Labute approximate surface area is 157 Å². The summed E-state index contributed by atoms with van der Waals surface area (Å²) in [7, 11) is 3.21. The smallest absolute Gasteiger partial charge is 0.238 e. The van der Waals surface area contributed by atoms with E-state index < -0.39 is 0 Å². The van der Waals surface area contributed by atoms with Crippen LogP contribution in [0.5, 0.6) is 11.5 Å². The number of ether oxygens (including phenoxy) is 2. The van der Waals surface area contributed by atoms with Gasteiger partial charge in [0.25, 0.3) is 0 Å². The third-order valence-corrected chi connectivity index (χ3v) is 4.08. The molecular weight excluding hydrogens is 363 g/mol. The number of benzene rings is 2. The van der Waals surface area contributed by atoms with Crippen LogP contribution in [0.25, 0.3) is 0 Å². The predicted molar refractivity (Wildman–Crippen MR) is 101 cm³/mol. The van der Waals surface area contributed by atoms with E-state index in [-0.39, 0.29) is 12.5 Å². The molecule has 0 atom stereocenters. The van der Waals surface area contributed by atoms with Gasteiger partial charge in [-0.2, -0.15) is 0 Å². The maximum atomic E-state index is 11.9. The fraction of sp³-hybridized carbons (Fsp3) is 0.278. The molecule has 134 valence electrons. The average molecular weight is 383 g/mol. The summed E-state index contributed by atoms with van der Waals surface area (Å²) in [6, 6.07) is 10.7. The molecule has 0 heterocycles. The van der Waals surface area contributed by atoms with E-state index in [9.17, 15) is 4.79 Å². The lowest BCUT2D eigenvalue weighted by molar-refractivity contribution is -0.115. The zero-order valence-electron chi connectivity index (χ0n) is 14.1. The molecule has 5 nitrogen and oxygen atoms in total. The van der Waals surface area contributed by atoms with Crippen LogP contribution in [0.15, 0.2) is 36.4 Å². The molecule has 25 heavy (non-hydrogen) atoms. The summed E-state index contributed by atoms with van der Waals surface area (Å²) in [6.07, 6.45) is 0.759. The van der Waals surface area contributed by atoms with Crippen molar-refractivity contribution in [2.75, 3.05) is 32.6 Å². The first-order chi connectivity index (χ1) is 12.0. The van der Waals surface area contributed by atoms with Gasteiger partial charge < -0.3 is 20.1 Å². The minimum absolute atomic E-state index is 0.170. The predicted octanol–water partition coefficient (Wildman–Crippen LogP) is 3.78. The topological polar surface area (TPSA) is 59.6 Å². The molecule has 0 aliphatic carbocycles. The highest BCUT2D eigenvalue weighted by molar-refractivity contribution is 6.36. The van der Waals surface area contributed by atoms with Crippen molar-refractivity contribution in [3.8, 4) is 11.5 Å². The summed E-state index contributed by atoms with van der Waals surface area (Å²) in [6.45, 7) is 0.837. The third kappa shape index (κ3) is 5.81. The maximum absolute atomic E-state index is 11.9. The maximum Gasteiger partial charge on any atom is 0.238 e. The molecule has 7 heteroatoms. The van der Waals surface area contributed by atoms with Crippen molar-refractivity contribution in [3.05, 3.63) is 52.0 Å². The number of nitrogens with one attached hydrogen (secondary N) is 2. The fourth-order valence-corrected chi connectivity index (χ4v) is 2.71. The number of anilines is 1. The van der Waals surface area contributed by atoms with Crippen molar-refractivity contribution in [1.82, 2.24) is 5.32 Å². The lowest BCUT2D eigenvalue weighted by Crippen LogP contribution is -2.29. The normalized spacial score (nSPS) is 10.4. The number of halogens is 2. The van der Waals surface area contributed by atoms with Crippen LogP contribution in [-0.4, -0.2) is 33.2 Å². The molecule has 2 rings (SSSR count). The number of amides is 1. The van der Waals surface area contributed by atoms with Crippen molar-refractivity contribution in [2.45, 2.75) is 6.42 Å². The summed E-state index contributed by atoms with van der Waals surface area (Å²) >= 11 is 11.9. The van der Waals surface area contributed by atoms with Crippen LogP contribution in [0.1, 0.15) is 5.56 Å². The van der Waals surface area contributed by atoms with Gasteiger partial charge >= 0.3 is 0 Å². The number of hydrogen-bond acceptors (Lipinski definition) is 4. The van der Waals surface area contributed by atoms with Crippen molar-refractivity contribution < 1.29 is 14.3 Å². The Morgan fingerprint density at radius 1 is 1.04 bits per heavy atom. The summed E-state index contributed by atoms with van der Waals surface area (Å²) in [5, 5.41) is 6.77. The molecule has 0 saturated heterocycles. The molecule has 2 N–H and O–H groups in total. The molecule has 0 bridgehead atoms. The highest BCUT2D eigenvalue weighted by Crippen LogP contribution is 2.27. The van der Waals surface area contributed by atoms with E-state index in [0.717, 1.165) is 12.0 Å². The second-order valence-electron chi connectivity index (χ2n) is 5.29. The molecule has 0 spiro atoms. The van der Waals surface area contributed by atoms with E-state index in [0.29, 0.717) is 33.8 Å². The molecule has 0 aliphatic rings. The molecule has 0 aliphatic heterocycles. The number of carbonyl (C=O) groups is 1. The molecular formula is C18H20Cl2N2O3. The summed E-state index contributed by atoms with van der Waals surface area (Å²) < 4.78 is 10.5. The Bertz CT molecular complexity index is 738. The number of hydrogen-bond donors (Lipinski definition) is 2. The molecule has 0 fully saturated rings. The van der Waals surface area contributed by atoms with E-state index >= 15 is 0 Å². The van der Waals surface area contributed by atoms with Crippen LogP contribution in [-0.2, 0) is 11.2 Å². The van der Waals surface area contributed by atoms with Gasteiger partial charge in [-0.1, -0.05) is 29.3 Å². The Morgan fingerprint density at radius 3 is 2.48 bits per heavy atom. The highest BCUT2D eigenvalue weighted by Gasteiger charge is 2.07. The van der Waals surface area contributed by atoms with Gasteiger partial charge in [-0.15, -0.1) is 0 Å². The molecule has 1 amide bonds. The zero-order chi connectivity index (χ0) is 18.2. The minimum Gasteiger partial charge on any atom is -0.493 e. The van der Waals surface area contributed by atoms with Gasteiger partial charge in [-0.3, -0.25) is 4.79 Å². The first kappa shape index (κ1) is 19.4. The molecule has 0 unspecified atom stereocenters. The van der Waals surface area contributed by atoms with E-state index in [1.165, 1.54) is 0 Å². The van der Waals surface area contributed by atoms with Crippen LogP contribution in [0, 0.1) is 0 Å². The molecule has 2 aromatic carbocycles. The average Bonchev–Trinajstić information content (AvgIpc) is 2.61. The Hall–Kier alpha value is -1.95. The van der Waals surface area contributed by atoms with Gasteiger partial charge in [0.15, 0.2) is 11.5 Å². The monoisotopic (exact) mass is 382 g/mol. The van der Waals surface area contributed by atoms with Gasteiger partial charge in [0.2, 0.25) is 5.91 Å². The summed E-state index contributed by atoms with van der Waals surface area (Å²) in [5.41, 5.74) is 1.63. The lowest BCUT2D eigenvalue weighted by Gasteiger charge is -2.10. The van der Waals surface area contributed by atoms with Gasteiger partial charge in [0, 0.05) is 5.02 Å². The van der Waals surface area contributed by atoms with Crippen molar-refractivity contribution >= 4 is 34.8 Å². The Morgan fingerprint density at radius 2 is 1.80 bits per heavy atom. The van der Waals surface area contributed by atoms with Crippen LogP contribution in [0.4, 0.5) is 5.69 Å².